The molecule has 2 heterocycles. The fourth-order valence-corrected chi connectivity index (χ4v) is 4.01. The topological polar surface area (TPSA) is 78.7 Å². The average Bonchev–Trinajstić information content (AvgIpc) is 2.65. The summed E-state index contributed by atoms with van der Waals surface area (Å²) in [6.45, 7) is 4.35. The molecular formula is C21H28N4O3. The third-order valence-corrected chi connectivity index (χ3v) is 5.60. The second-order valence-corrected chi connectivity index (χ2v) is 7.77. The van der Waals surface area contributed by atoms with Gasteiger partial charge in [0.05, 0.1) is 6.04 Å². The second-order valence-electron chi connectivity index (χ2n) is 7.77. The molecule has 1 aromatic carbocycles. The maximum Gasteiger partial charge on any atom is 0.348 e. The van der Waals surface area contributed by atoms with Gasteiger partial charge in [0.1, 0.15) is 12.1 Å². The van der Waals surface area contributed by atoms with Crippen molar-refractivity contribution in [2.45, 2.75) is 38.5 Å². The van der Waals surface area contributed by atoms with Crippen LogP contribution < -0.4 is 5.69 Å². The molecule has 0 unspecified atom stereocenters. The van der Waals surface area contributed by atoms with Crippen molar-refractivity contribution in [3.8, 4) is 0 Å². The second kappa shape index (κ2) is 7.85. The van der Waals surface area contributed by atoms with Crippen molar-refractivity contribution >= 4 is 5.91 Å². The van der Waals surface area contributed by atoms with Gasteiger partial charge in [0, 0.05) is 24.5 Å². The van der Waals surface area contributed by atoms with E-state index in [1.165, 1.54) is 4.57 Å². The number of rotatable bonds is 4. The highest BCUT2D eigenvalue weighted by Crippen LogP contribution is 2.35. The summed E-state index contributed by atoms with van der Waals surface area (Å²) < 4.78 is 1.40. The van der Waals surface area contributed by atoms with E-state index in [0.29, 0.717) is 30.9 Å². The fraction of sp³-hybridized carbons (Fsp3) is 0.476. The van der Waals surface area contributed by atoms with E-state index < -0.39 is 11.3 Å². The Hall–Kier alpha value is -2.51. The summed E-state index contributed by atoms with van der Waals surface area (Å²) in [5.41, 5.74) is 0.778. The number of aryl methyl sites for hydroxylation is 2. The first-order chi connectivity index (χ1) is 13.2. The van der Waals surface area contributed by atoms with E-state index in [1.807, 2.05) is 49.3 Å². The Labute approximate surface area is 165 Å². The van der Waals surface area contributed by atoms with Gasteiger partial charge < -0.3 is 14.9 Å². The van der Waals surface area contributed by atoms with Crippen molar-refractivity contribution < 1.29 is 9.90 Å². The minimum Gasteiger partial charge on any atom is -0.383 e. The van der Waals surface area contributed by atoms with Gasteiger partial charge in [0.15, 0.2) is 0 Å². The van der Waals surface area contributed by atoms with Crippen molar-refractivity contribution in [2.24, 2.45) is 0 Å². The monoisotopic (exact) mass is 384 g/mol. The van der Waals surface area contributed by atoms with Crippen molar-refractivity contribution in [2.75, 3.05) is 27.2 Å². The summed E-state index contributed by atoms with van der Waals surface area (Å²) in [4.78, 5) is 32.7. The molecule has 1 N–H and O–H groups in total. The third-order valence-electron chi connectivity index (χ3n) is 5.60. The molecule has 2 aromatic rings. The Kier molecular flexibility index (Phi) is 5.67. The molecule has 0 radical (unpaired) electrons. The minimum absolute atomic E-state index is 0.0398. The van der Waals surface area contributed by atoms with Crippen LogP contribution in [0, 0.1) is 13.8 Å². The van der Waals surface area contributed by atoms with Gasteiger partial charge in [-0.3, -0.25) is 9.36 Å². The van der Waals surface area contributed by atoms with Crippen LogP contribution in [0.4, 0.5) is 0 Å². The first-order valence-electron chi connectivity index (χ1n) is 9.49. The molecule has 0 bridgehead atoms. The molecule has 2 atom stereocenters. The molecule has 28 heavy (non-hydrogen) atoms. The lowest BCUT2D eigenvalue weighted by Crippen LogP contribution is -2.60. The van der Waals surface area contributed by atoms with Gasteiger partial charge in [0.2, 0.25) is 5.91 Å². The van der Waals surface area contributed by atoms with E-state index in [4.69, 9.17) is 0 Å². The number of amides is 1. The number of likely N-dealkylation sites (tertiary alicyclic amines) is 1. The highest BCUT2D eigenvalue weighted by Gasteiger charge is 2.45. The van der Waals surface area contributed by atoms with Crippen molar-refractivity contribution in [1.82, 2.24) is 19.4 Å². The van der Waals surface area contributed by atoms with Crippen LogP contribution in [0.1, 0.15) is 23.4 Å². The van der Waals surface area contributed by atoms with Crippen LogP contribution in [0.25, 0.3) is 0 Å². The van der Waals surface area contributed by atoms with Gasteiger partial charge in [-0.2, -0.15) is 4.98 Å². The van der Waals surface area contributed by atoms with Gasteiger partial charge in [-0.1, -0.05) is 30.3 Å². The van der Waals surface area contributed by atoms with Crippen LogP contribution in [-0.4, -0.2) is 63.6 Å². The van der Waals surface area contributed by atoms with Gasteiger partial charge >= 0.3 is 5.69 Å². The van der Waals surface area contributed by atoms with E-state index in [0.717, 1.165) is 5.56 Å². The predicted molar refractivity (Wildman–Crippen MR) is 107 cm³/mol. The first-order valence-corrected chi connectivity index (χ1v) is 9.49. The molecule has 1 amide bonds. The lowest BCUT2D eigenvalue weighted by molar-refractivity contribution is -0.142. The van der Waals surface area contributed by atoms with Crippen LogP contribution in [0.15, 0.2) is 41.2 Å². The molecule has 0 spiro atoms. The highest BCUT2D eigenvalue weighted by atomic mass is 16.3. The number of carbonyl (C=O) groups is 1. The van der Waals surface area contributed by atoms with E-state index >= 15 is 0 Å². The average molecular weight is 384 g/mol. The zero-order chi connectivity index (χ0) is 20.5. The van der Waals surface area contributed by atoms with E-state index in [2.05, 4.69) is 4.98 Å². The van der Waals surface area contributed by atoms with Crippen LogP contribution in [0.5, 0.6) is 0 Å². The number of carbonyl (C=O) groups excluding carboxylic acids is 1. The molecule has 1 fully saturated rings. The van der Waals surface area contributed by atoms with Crippen molar-refractivity contribution in [3.63, 3.8) is 0 Å². The molecule has 7 nitrogen and oxygen atoms in total. The van der Waals surface area contributed by atoms with E-state index in [-0.39, 0.29) is 18.5 Å². The number of hydrogen-bond acceptors (Lipinski definition) is 5. The quantitative estimate of drug-likeness (QED) is 0.848. The summed E-state index contributed by atoms with van der Waals surface area (Å²) in [7, 11) is 3.82. The maximum atomic E-state index is 12.9. The smallest absolute Gasteiger partial charge is 0.348 e. The summed E-state index contributed by atoms with van der Waals surface area (Å²) in [6, 6.07) is 11.1. The summed E-state index contributed by atoms with van der Waals surface area (Å²) in [6.07, 6.45) is 0.436. The SMILES string of the molecule is Cc1cc(C)n(CC(=O)N2CC[C@](O)(c3ccccc3)[C@H](N(C)C)C2)c(=O)n1. The third kappa shape index (κ3) is 3.86. The molecule has 1 saturated heterocycles. The van der Waals surface area contributed by atoms with Crippen LogP contribution in [-0.2, 0) is 16.9 Å². The number of aliphatic hydroxyl groups is 1. The number of piperidine rings is 1. The molecule has 7 heteroatoms. The lowest BCUT2D eigenvalue weighted by atomic mass is 9.80. The molecule has 1 aromatic heterocycles. The van der Waals surface area contributed by atoms with Gasteiger partial charge in [-0.25, -0.2) is 4.79 Å². The van der Waals surface area contributed by atoms with Gasteiger partial charge in [-0.15, -0.1) is 0 Å². The lowest BCUT2D eigenvalue weighted by Gasteiger charge is -2.47. The van der Waals surface area contributed by atoms with Crippen LogP contribution >= 0.6 is 0 Å². The Morgan fingerprint density at radius 3 is 2.57 bits per heavy atom. The zero-order valence-electron chi connectivity index (χ0n) is 16.9. The molecule has 0 aliphatic carbocycles. The number of aromatic nitrogens is 2. The largest absolute Gasteiger partial charge is 0.383 e. The Morgan fingerprint density at radius 1 is 1.29 bits per heavy atom. The van der Waals surface area contributed by atoms with E-state index in [9.17, 15) is 14.7 Å². The number of hydrogen-bond donors (Lipinski definition) is 1. The van der Waals surface area contributed by atoms with E-state index in [1.54, 1.807) is 24.8 Å². The van der Waals surface area contributed by atoms with Gasteiger partial charge in [-0.05, 0) is 46.0 Å². The number of benzene rings is 1. The van der Waals surface area contributed by atoms with Crippen LogP contribution in [0.2, 0.25) is 0 Å². The highest BCUT2D eigenvalue weighted by molar-refractivity contribution is 5.76. The minimum atomic E-state index is -1.03. The fourth-order valence-electron chi connectivity index (χ4n) is 4.01. The number of nitrogens with zero attached hydrogens (tertiary/aromatic N) is 4. The maximum absolute atomic E-state index is 12.9. The molecule has 0 saturated carbocycles. The summed E-state index contributed by atoms with van der Waals surface area (Å²) in [5.74, 6) is -0.141. The number of likely N-dealkylation sites (N-methyl/N-ethyl adjacent to an activating group) is 1. The molecule has 1 aliphatic rings. The zero-order valence-corrected chi connectivity index (χ0v) is 16.9. The summed E-state index contributed by atoms with van der Waals surface area (Å²) >= 11 is 0. The predicted octanol–water partition coefficient (Wildman–Crippen LogP) is 0.910. The van der Waals surface area contributed by atoms with Crippen molar-refractivity contribution in [3.05, 3.63) is 63.8 Å². The normalized spacial score (nSPS) is 22.5. The standard InChI is InChI=1S/C21H28N4O3/c1-15-12-16(2)25(20(27)22-15)14-19(26)24-11-10-21(28,18(13-24)23(3)4)17-8-6-5-7-9-17/h5-9,12,18,28H,10-11,13-14H2,1-4H3/t18-,21+/m1/s1. The van der Waals surface area contributed by atoms with Crippen molar-refractivity contribution in [1.29, 1.82) is 0 Å². The first kappa shape index (κ1) is 20.2. The Morgan fingerprint density at radius 2 is 1.96 bits per heavy atom. The Balaban J connectivity index is 1.81. The van der Waals surface area contributed by atoms with Crippen LogP contribution in [0.3, 0.4) is 0 Å². The van der Waals surface area contributed by atoms with Gasteiger partial charge in [0.25, 0.3) is 0 Å². The summed E-state index contributed by atoms with van der Waals surface area (Å²) in [5, 5.41) is 11.4. The molecule has 3 rings (SSSR count). The molecular weight excluding hydrogens is 356 g/mol. The molecule has 1 aliphatic heterocycles. The molecule has 150 valence electrons. The Bertz CT molecular complexity index is 910.